The first-order chi connectivity index (χ1) is 17.2. The Morgan fingerprint density at radius 2 is 1.75 bits per heavy atom. The van der Waals surface area contributed by atoms with Crippen LogP contribution in [0.25, 0.3) is 0 Å². The van der Waals surface area contributed by atoms with Crippen molar-refractivity contribution in [1.82, 2.24) is 25.4 Å². The SMILES string of the molecule is CC(C)(C)NC(=O)N1CCCCCCNC(=O)C2CC(C(=O)N3CCN(c4ccccn4)CC3)CC21. The van der Waals surface area contributed by atoms with Crippen molar-refractivity contribution in [3.8, 4) is 0 Å². The molecule has 1 aromatic rings. The summed E-state index contributed by atoms with van der Waals surface area (Å²) in [5, 5.41) is 6.18. The maximum absolute atomic E-state index is 13.6. The van der Waals surface area contributed by atoms with Crippen LogP contribution in [0.4, 0.5) is 10.6 Å². The Bertz CT molecular complexity index is 910. The molecule has 9 nitrogen and oxygen atoms in total. The van der Waals surface area contributed by atoms with Crippen molar-refractivity contribution in [3.05, 3.63) is 24.4 Å². The Morgan fingerprint density at radius 3 is 2.44 bits per heavy atom. The molecule has 4 amide bonds. The van der Waals surface area contributed by atoms with Crippen LogP contribution in [0.15, 0.2) is 24.4 Å². The van der Waals surface area contributed by atoms with E-state index in [0.29, 0.717) is 39.0 Å². The minimum Gasteiger partial charge on any atom is -0.356 e. The normalized spacial score (nSPS) is 26.0. The molecule has 9 heteroatoms. The van der Waals surface area contributed by atoms with Crippen LogP contribution in [0.5, 0.6) is 0 Å². The third-order valence-corrected chi connectivity index (χ3v) is 7.55. The van der Waals surface area contributed by atoms with Crippen LogP contribution in [0.3, 0.4) is 0 Å². The maximum Gasteiger partial charge on any atom is 0.318 e. The first-order valence-corrected chi connectivity index (χ1v) is 13.5. The van der Waals surface area contributed by atoms with Crippen LogP contribution >= 0.6 is 0 Å². The van der Waals surface area contributed by atoms with Gasteiger partial charge in [-0.15, -0.1) is 0 Å². The molecule has 3 heterocycles. The lowest BCUT2D eigenvalue weighted by molar-refractivity contribution is -0.135. The highest BCUT2D eigenvalue weighted by Crippen LogP contribution is 2.37. The first-order valence-electron chi connectivity index (χ1n) is 13.5. The molecule has 2 saturated heterocycles. The summed E-state index contributed by atoms with van der Waals surface area (Å²) in [5.41, 5.74) is -0.373. The number of piperazine rings is 1. The maximum atomic E-state index is 13.6. The molecule has 0 bridgehead atoms. The quantitative estimate of drug-likeness (QED) is 0.653. The highest BCUT2D eigenvalue weighted by Gasteiger charge is 2.47. The van der Waals surface area contributed by atoms with E-state index in [9.17, 15) is 14.4 Å². The fraction of sp³-hybridized carbons (Fsp3) is 0.704. The summed E-state index contributed by atoms with van der Waals surface area (Å²) >= 11 is 0. The van der Waals surface area contributed by atoms with Crippen molar-refractivity contribution in [2.75, 3.05) is 44.2 Å². The summed E-state index contributed by atoms with van der Waals surface area (Å²) < 4.78 is 0. The molecule has 0 radical (unpaired) electrons. The van der Waals surface area contributed by atoms with E-state index in [4.69, 9.17) is 0 Å². The summed E-state index contributed by atoms with van der Waals surface area (Å²) in [6.45, 7) is 9.92. The average molecular weight is 499 g/mol. The minimum atomic E-state index is -0.373. The Morgan fingerprint density at radius 1 is 1.00 bits per heavy atom. The first kappa shape index (κ1) is 26.2. The smallest absolute Gasteiger partial charge is 0.318 e. The van der Waals surface area contributed by atoms with Gasteiger partial charge in [0.15, 0.2) is 0 Å². The Labute approximate surface area is 215 Å². The number of urea groups is 1. The molecule has 3 aliphatic rings. The molecule has 1 saturated carbocycles. The fourth-order valence-corrected chi connectivity index (χ4v) is 5.71. The summed E-state index contributed by atoms with van der Waals surface area (Å²) in [4.78, 5) is 50.6. The lowest BCUT2D eigenvalue weighted by atomic mass is 10.00. The minimum absolute atomic E-state index is 0.0225. The third-order valence-electron chi connectivity index (χ3n) is 7.55. The van der Waals surface area contributed by atoms with E-state index in [2.05, 4.69) is 20.5 Å². The van der Waals surface area contributed by atoms with Crippen molar-refractivity contribution >= 4 is 23.7 Å². The molecular weight excluding hydrogens is 456 g/mol. The predicted molar refractivity (Wildman–Crippen MR) is 140 cm³/mol. The molecular formula is C27H42N6O3. The van der Waals surface area contributed by atoms with Crippen molar-refractivity contribution in [1.29, 1.82) is 0 Å². The van der Waals surface area contributed by atoms with Crippen molar-refractivity contribution < 1.29 is 14.4 Å². The lowest BCUT2D eigenvalue weighted by Gasteiger charge is -2.37. The van der Waals surface area contributed by atoms with E-state index >= 15 is 0 Å². The number of nitrogens with zero attached hydrogens (tertiary/aromatic N) is 4. The van der Waals surface area contributed by atoms with Gasteiger partial charge in [0.1, 0.15) is 5.82 Å². The summed E-state index contributed by atoms with van der Waals surface area (Å²) in [6.07, 6.45) is 6.73. The highest BCUT2D eigenvalue weighted by molar-refractivity contribution is 5.85. The van der Waals surface area contributed by atoms with E-state index in [0.717, 1.165) is 44.6 Å². The number of carbonyl (C=O) groups is 3. The second-order valence-electron chi connectivity index (χ2n) is 11.4. The third kappa shape index (κ3) is 6.48. The van der Waals surface area contributed by atoms with E-state index in [1.165, 1.54) is 0 Å². The van der Waals surface area contributed by atoms with Gasteiger partial charge in [0.25, 0.3) is 0 Å². The molecule has 1 aliphatic carbocycles. The van der Waals surface area contributed by atoms with E-state index < -0.39 is 0 Å². The molecule has 3 unspecified atom stereocenters. The Balaban J connectivity index is 1.46. The molecule has 36 heavy (non-hydrogen) atoms. The second kappa shape index (κ2) is 11.5. The molecule has 0 spiro atoms. The van der Waals surface area contributed by atoms with E-state index in [-0.39, 0.29) is 41.3 Å². The number of nitrogens with one attached hydrogen (secondary N) is 2. The van der Waals surface area contributed by atoms with Crippen LogP contribution in [-0.4, -0.2) is 83.5 Å². The van der Waals surface area contributed by atoms with Gasteiger partial charge in [0.05, 0.1) is 5.92 Å². The number of aromatic nitrogens is 1. The number of fused-ring (bicyclic) bond motifs is 1. The molecule has 4 rings (SSSR count). The number of amides is 4. The van der Waals surface area contributed by atoms with Crippen molar-refractivity contribution in [2.45, 2.75) is 70.9 Å². The molecule has 0 aromatic carbocycles. The number of pyridine rings is 1. The van der Waals surface area contributed by atoms with Crippen LogP contribution < -0.4 is 15.5 Å². The Kier molecular flexibility index (Phi) is 8.36. The van der Waals surface area contributed by atoms with Crippen LogP contribution in [0, 0.1) is 11.8 Å². The largest absolute Gasteiger partial charge is 0.356 e. The van der Waals surface area contributed by atoms with Crippen LogP contribution in [0.1, 0.15) is 59.3 Å². The number of carbonyl (C=O) groups excluding carboxylic acids is 3. The van der Waals surface area contributed by atoms with Crippen LogP contribution in [0.2, 0.25) is 0 Å². The number of hydrogen-bond acceptors (Lipinski definition) is 5. The van der Waals surface area contributed by atoms with E-state index in [1.54, 1.807) is 6.20 Å². The van der Waals surface area contributed by atoms with Crippen LogP contribution in [-0.2, 0) is 9.59 Å². The zero-order valence-corrected chi connectivity index (χ0v) is 22.0. The van der Waals surface area contributed by atoms with Crippen molar-refractivity contribution in [3.63, 3.8) is 0 Å². The van der Waals surface area contributed by atoms with Gasteiger partial charge < -0.3 is 25.3 Å². The second-order valence-corrected chi connectivity index (χ2v) is 11.4. The zero-order chi connectivity index (χ0) is 25.7. The lowest BCUT2D eigenvalue weighted by Crippen LogP contribution is -2.54. The monoisotopic (exact) mass is 498 g/mol. The highest BCUT2D eigenvalue weighted by atomic mass is 16.2. The molecule has 1 aromatic heterocycles. The number of hydrogen-bond donors (Lipinski definition) is 2. The summed E-state index contributed by atoms with van der Waals surface area (Å²) in [7, 11) is 0. The molecule has 3 atom stereocenters. The molecule has 3 fully saturated rings. The van der Waals surface area contributed by atoms with Gasteiger partial charge in [0.2, 0.25) is 11.8 Å². The summed E-state index contributed by atoms with van der Waals surface area (Å²) in [6, 6.07) is 5.47. The molecule has 2 aliphatic heterocycles. The summed E-state index contributed by atoms with van der Waals surface area (Å²) in [5.74, 6) is 0.409. The van der Waals surface area contributed by atoms with Gasteiger partial charge in [-0.05, 0) is 58.6 Å². The van der Waals surface area contributed by atoms with Gasteiger partial charge >= 0.3 is 6.03 Å². The van der Waals surface area contributed by atoms with Crippen molar-refractivity contribution in [2.24, 2.45) is 11.8 Å². The fourth-order valence-electron chi connectivity index (χ4n) is 5.71. The van der Waals surface area contributed by atoms with Gasteiger partial charge in [0, 0.05) is 63.0 Å². The average Bonchev–Trinajstić information content (AvgIpc) is 3.28. The van der Waals surface area contributed by atoms with Gasteiger partial charge in [-0.2, -0.15) is 0 Å². The topological polar surface area (TPSA) is 97.9 Å². The predicted octanol–water partition coefficient (Wildman–Crippen LogP) is 2.63. The number of anilines is 1. The molecule has 198 valence electrons. The van der Waals surface area contributed by atoms with Gasteiger partial charge in [-0.25, -0.2) is 9.78 Å². The molecule has 2 N–H and O–H groups in total. The van der Waals surface area contributed by atoms with Gasteiger partial charge in [-0.1, -0.05) is 18.9 Å². The zero-order valence-electron chi connectivity index (χ0n) is 22.0. The standard InChI is InChI=1S/C27H42N6O3/c1-27(2,3)30-26(36)33-13-9-5-4-7-12-29-24(34)21-18-20(19-22(21)33)25(35)32-16-14-31(15-17-32)23-10-6-8-11-28-23/h6,8,10-11,20-22H,4-5,7,9,12-19H2,1-3H3,(H,29,34)(H,30,36). The number of rotatable bonds is 2. The Hall–Kier alpha value is -2.84. The van der Waals surface area contributed by atoms with Gasteiger partial charge in [-0.3, -0.25) is 9.59 Å². The van der Waals surface area contributed by atoms with E-state index in [1.807, 2.05) is 48.8 Å².